The van der Waals surface area contributed by atoms with Crippen molar-refractivity contribution in [2.75, 3.05) is 20.8 Å². The lowest BCUT2D eigenvalue weighted by Gasteiger charge is -2.19. The Morgan fingerprint density at radius 2 is 1.89 bits per heavy atom. The van der Waals surface area contributed by atoms with Crippen LogP contribution in [0.3, 0.4) is 0 Å². The van der Waals surface area contributed by atoms with E-state index in [9.17, 15) is 0 Å². The van der Waals surface area contributed by atoms with E-state index in [0.717, 1.165) is 17.9 Å². The third-order valence-electron chi connectivity index (χ3n) is 3.23. The van der Waals surface area contributed by atoms with Crippen LogP contribution in [-0.4, -0.2) is 20.8 Å². The minimum Gasteiger partial charge on any atom is -0.493 e. The molecule has 1 aromatic rings. The van der Waals surface area contributed by atoms with E-state index in [1.165, 1.54) is 5.56 Å². The van der Waals surface area contributed by atoms with Gasteiger partial charge >= 0.3 is 0 Å². The Bertz CT molecular complexity index is 396. The zero-order valence-corrected chi connectivity index (χ0v) is 13.0. The monoisotopic (exact) mass is 265 g/mol. The molecule has 0 aliphatic rings. The second-order valence-electron chi connectivity index (χ2n) is 6.08. The van der Waals surface area contributed by atoms with Gasteiger partial charge < -0.3 is 14.8 Å². The molecule has 1 atom stereocenters. The van der Waals surface area contributed by atoms with E-state index in [4.69, 9.17) is 9.47 Å². The van der Waals surface area contributed by atoms with Crippen LogP contribution in [0, 0.1) is 5.41 Å². The summed E-state index contributed by atoms with van der Waals surface area (Å²) in [6.07, 6.45) is 1.02. The lowest BCUT2D eigenvalue weighted by molar-refractivity contribution is 0.234. The molecule has 108 valence electrons. The van der Waals surface area contributed by atoms with Crippen molar-refractivity contribution in [1.29, 1.82) is 0 Å². The molecule has 0 saturated heterocycles. The van der Waals surface area contributed by atoms with Gasteiger partial charge in [-0.1, -0.05) is 26.8 Å². The number of hydrogen-bond acceptors (Lipinski definition) is 3. The standard InChI is InChI=1S/C16H27NO2/c1-12(17-5)13-7-8-14(15(11-13)18-6)19-10-9-16(2,3)4/h7-8,11-12,17H,9-10H2,1-6H3. The molecular formula is C16H27NO2. The number of rotatable bonds is 6. The van der Waals surface area contributed by atoms with Crippen LogP contribution in [-0.2, 0) is 0 Å². The van der Waals surface area contributed by atoms with Crippen LogP contribution < -0.4 is 14.8 Å². The Morgan fingerprint density at radius 1 is 1.21 bits per heavy atom. The summed E-state index contributed by atoms with van der Waals surface area (Å²) >= 11 is 0. The Balaban J connectivity index is 2.73. The molecule has 0 saturated carbocycles. The summed E-state index contributed by atoms with van der Waals surface area (Å²) in [5, 5.41) is 3.22. The van der Waals surface area contributed by atoms with Gasteiger partial charge in [0.2, 0.25) is 0 Å². The number of methoxy groups -OCH3 is 1. The molecule has 0 spiro atoms. The van der Waals surface area contributed by atoms with Crippen LogP contribution in [0.1, 0.15) is 45.7 Å². The Hall–Kier alpha value is -1.22. The first-order valence-corrected chi connectivity index (χ1v) is 6.85. The molecule has 0 fully saturated rings. The molecular weight excluding hydrogens is 238 g/mol. The predicted molar refractivity (Wildman–Crippen MR) is 80.0 cm³/mol. The maximum Gasteiger partial charge on any atom is 0.161 e. The molecule has 0 amide bonds. The molecule has 0 aromatic heterocycles. The number of ether oxygens (including phenoxy) is 2. The summed E-state index contributed by atoms with van der Waals surface area (Å²) in [6.45, 7) is 9.47. The Kier molecular flexibility index (Phi) is 5.67. The molecule has 0 aliphatic carbocycles. The second-order valence-corrected chi connectivity index (χ2v) is 6.08. The summed E-state index contributed by atoms with van der Waals surface area (Å²) in [5.41, 5.74) is 1.48. The van der Waals surface area contributed by atoms with E-state index in [1.807, 2.05) is 19.2 Å². The third-order valence-corrected chi connectivity index (χ3v) is 3.23. The first kappa shape index (κ1) is 15.8. The Morgan fingerprint density at radius 3 is 2.42 bits per heavy atom. The molecule has 1 N–H and O–H groups in total. The van der Waals surface area contributed by atoms with Crippen molar-refractivity contribution in [2.45, 2.75) is 40.2 Å². The molecule has 3 nitrogen and oxygen atoms in total. The van der Waals surface area contributed by atoms with Crippen molar-refractivity contribution in [3.05, 3.63) is 23.8 Å². The van der Waals surface area contributed by atoms with E-state index in [0.29, 0.717) is 12.6 Å². The van der Waals surface area contributed by atoms with E-state index in [1.54, 1.807) is 7.11 Å². The van der Waals surface area contributed by atoms with Crippen molar-refractivity contribution in [3.8, 4) is 11.5 Å². The zero-order valence-electron chi connectivity index (χ0n) is 13.0. The van der Waals surface area contributed by atoms with Crippen molar-refractivity contribution < 1.29 is 9.47 Å². The van der Waals surface area contributed by atoms with Crippen LogP contribution in [0.25, 0.3) is 0 Å². The quantitative estimate of drug-likeness (QED) is 0.849. The second kappa shape index (κ2) is 6.80. The highest BCUT2D eigenvalue weighted by atomic mass is 16.5. The number of hydrogen-bond donors (Lipinski definition) is 1. The van der Waals surface area contributed by atoms with E-state index >= 15 is 0 Å². The first-order valence-electron chi connectivity index (χ1n) is 6.85. The number of benzene rings is 1. The SMILES string of the molecule is CNC(C)c1ccc(OCCC(C)(C)C)c(OC)c1. The summed E-state index contributed by atoms with van der Waals surface area (Å²) in [7, 11) is 3.63. The molecule has 19 heavy (non-hydrogen) atoms. The highest BCUT2D eigenvalue weighted by molar-refractivity contribution is 5.43. The van der Waals surface area contributed by atoms with Crippen molar-refractivity contribution in [3.63, 3.8) is 0 Å². The first-order chi connectivity index (χ1) is 8.87. The highest BCUT2D eigenvalue weighted by Gasteiger charge is 2.12. The summed E-state index contributed by atoms with van der Waals surface area (Å²) in [5.74, 6) is 1.62. The minimum absolute atomic E-state index is 0.286. The van der Waals surface area contributed by atoms with Gasteiger partial charge in [0.15, 0.2) is 11.5 Å². The molecule has 1 aromatic carbocycles. The van der Waals surface area contributed by atoms with Crippen LogP contribution in [0.4, 0.5) is 0 Å². The van der Waals surface area contributed by atoms with Gasteiger partial charge in [-0.25, -0.2) is 0 Å². The maximum atomic E-state index is 5.83. The maximum absolute atomic E-state index is 5.83. The fraction of sp³-hybridized carbons (Fsp3) is 0.625. The van der Waals surface area contributed by atoms with Gasteiger partial charge in [-0.3, -0.25) is 0 Å². The van der Waals surface area contributed by atoms with Gasteiger partial charge in [0.25, 0.3) is 0 Å². The van der Waals surface area contributed by atoms with Crippen LogP contribution in [0.15, 0.2) is 18.2 Å². The smallest absolute Gasteiger partial charge is 0.161 e. The lowest BCUT2D eigenvalue weighted by Crippen LogP contribution is -2.13. The van der Waals surface area contributed by atoms with Crippen LogP contribution >= 0.6 is 0 Å². The van der Waals surface area contributed by atoms with Crippen molar-refractivity contribution >= 4 is 0 Å². The molecule has 1 rings (SSSR count). The molecule has 3 heteroatoms. The molecule has 0 bridgehead atoms. The fourth-order valence-electron chi connectivity index (χ4n) is 1.71. The molecule has 0 heterocycles. The Labute approximate surface area is 117 Å². The summed E-state index contributed by atoms with van der Waals surface area (Å²) in [6, 6.07) is 6.41. The molecule has 1 unspecified atom stereocenters. The van der Waals surface area contributed by atoms with Crippen LogP contribution in [0.2, 0.25) is 0 Å². The normalized spacial score (nSPS) is 13.2. The fourth-order valence-corrected chi connectivity index (χ4v) is 1.71. The molecule has 0 aliphatic heterocycles. The van der Waals surface area contributed by atoms with Gasteiger partial charge in [-0.15, -0.1) is 0 Å². The average molecular weight is 265 g/mol. The topological polar surface area (TPSA) is 30.5 Å². The van der Waals surface area contributed by atoms with E-state index < -0.39 is 0 Å². The number of nitrogens with one attached hydrogen (secondary N) is 1. The largest absolute Gasteiger partial charge is 0.493 e. The van der Waals surface area contributed by atoms with Gasteiger partial charge in [0.05, 0.1) is 13.7 Å². The lowest BCUT2D eigenvalue weighted by atomic mass is 9.93. The zero-order chi connectivity index (χ0) is 14.5. The highest BCUT2D eigenvalue weighted by Crippen LogP contribution is 2.31. The minimum atomic E-state index is 0.286. The van der Waals surface area contributed by atoms with Gasteiger partial charge in [-0.2, -0.15) is 0 Å². The van der Waals surface area contributed by atoms with Gasteiger partial charge in [-0.05, 0) is 43.5 Å². The predicted octanol–water partition coefficient (Wildman–Crippen LogP) is 3.79. The third kappa shape index (κ3) is 5.11. The van der Waals surface area contributed by atoms with Crippen molar-refractivity contribution in [1.82, 2.24) is 5.32 Å². The van der Waals surface area contributed by atoms with Crippen LogP contribution in [0.5, 0.6) is 11.5 Å². The summed E-state index contributed by atoms with van der Waals surface area (Å²) < 4.78 is 11.2. The average Bonchev–Trinajstić information content (AvgIpc) is 2.36. The van der Waals surface area contributed by atoms with E-state index in [2.05, 4.69) is 39.1 Å². The van der Waals surface area contributed by atoms with E-state index in [-0.39, 0.29) is 5.41 Å². The molecule has 0 radical (unpaired) electrons. The summed E-state index contributed by atoms with van der Waals surface area (Å²) in [4.78, 5) is 0. The van der Waals surface area contributed by atoms with Crippen molar-refractivity contribution in [2.24, 2.45) is 5.41 Å². The van der Waals surface area contributed by atoms with Gasteiger partial charge in [0.1, 0.15) is 0 Å². The van der Waals surface area contributed by atoms with Gasteiger partial charge in [0, 0.05) is 6.04 Å².